The Bertz CT molecular complexity index is 355. The Morgan fingerprint density at radius 3 is 2.38 bits per heavy atom. The van der Waals surface area contributed by atoms with Gasteiger partial charge in [0, 0.05) is 32.6 Å². The summed E-state index contributed by atoms with van der Waals surface area (Å²) in [6.45, 7) is 6.07. The van der Waals surface area contributed by atoms with Crippen molar-refractivity contribution < 1.29 is 4.79 Å². The summed E-state index contributed by atoms with van der Waals surface area (Å²) in [5.74, 6) is 1.71. The maximum atomic E-state index is 11.9. The van der Waals surface area contributed by atoms with Gasteiger partial charge in [0.1, 0.15) is 0 Å². The van der Waals surface area contributed by atoms with Gasteiger partial charge in [-0.15, -0.1) is 24.0 Å². The summed E-state index contributed by atoms with van der Waals surface area (Å²) in [4.78, 5) is 16.1. The molecule has 0 aromatic carbocycles. The normalized spacial score (nSPS) is 15.8. The van der Waals surface area contributed by atoms with Crippen molar-refractivity contribution in [3.05, 3.63) is 0 Å². The van der Waals surface area contributed by atoms with Crippen LogP contribution < -0.4 is 16.0 Å². The molecule has 5 nitrogen and oxygen atoms in total. The zero-order chi connectivity index (χ0) is 16.9. The van der Waals surface area contributed by atoms with Crippen LogP contribution in [0.25, 0.3) is 0 Å². The minimum atomic E-state index is 0. The second-order valence-electron chi connectivity index (χ2n) is 6.97. The van der Waals surface area contributed by atoms with Crippen LogP contribution in [0.3, 0.4) is 0 Å². The standard InChI is InChI=1S/C18H36N4O.HI/c1-15(2)9-7-8-13-20-18(19-3)21-14-12-17(23)22-16-10-5-4-6-11-16;/h15-16H,4-14H2,1-3H3,(H,22,23)(H2,19,20,21);1H. The molecule has 0 aromatic rings. The number of halogens is 1. The zero-order valence-corrected chi connectivity index (χ0v) is 18.0. The van der Waals surface area contributed by atoms with Crippen molar-refractivity contribution in [3.63, 3.8) is 0 Å². The lowest BCUT2D eigenvalue weighted by atomic mass is 9.95. The lowest BCUT2D eigenvalue weighted by Gasteiger charge is -2.22. The van der Waals surface area contributed by atoms with Crippen molar-refractivity contribution in [2.75, 3.05) is 20.1 Å². The Balaban J connectivity index is 0.00000529. The van der Waals surface area contributed by atoms with Crippen LogP contribution in [0.15, 0.2) is 4.99 Å². The van der Waals surface area contributed by atoms with Crippen LogP contribution in [0.1, 0.15) is 71.6 Å². The molecule has 1 saturated carbocycles. The van der Waals surface area contributed by atoms with Gasteiger partial charge in [0.2, 0.25) is 5.91 Å². The third-order valence-corrected chi connectivity index (χ3v) is 4.34. The fraction of sp³-hybridized carbons (Fsp3) is 0.889. The summed E-state index contributed by atoms with van der Waals surface area (Å²) < 4.78 is 0. The molecule has 1 rings (SSSR count). The van der Waals surface area contributed by atoms with E-state index in [0.717, 1.165) is 37.7 Å². The van der Waals surface area contributed by atoms with Gasteiger partial charge in [-0.2, -0.15) is 0 Å². The van der Waals surface area contributed by atoms with E-state index in [2.05, 4.69) is 34.8 Å². The molecule has 24 heavy (non-hydrogen) atoms. The number of aliphatic imine (C=N–C) groups is 1. The highest BCUT2D eigenvalue weighted by atomic mass is 127. The summed E-state index contributed by atoms with van der Waals surface area (Å²) in [5, 5.41) is 9.66. The van der Waals surface area contributed by atoms with E-state index in [1.54, 1.807) is 7.05 Å². The minimum absolute atomic E-state index is 0. The van der Waals surface area contributed by atoms with Gasteiger partial charge in [0.15, 0.2) is 5.96 Å². The number of nitrogens with one attached hydrogen (secondary N) is 3. The smallest absolute Gasteiger partial charge is 0.221 e. The van der Waals surface area contributed by atoms with Crippen LogP contribution in [-0.2, 0) is 4.79 Å². The first-order valence-corrected chi connectivity index (χ1v) is 9.35. The average Bonchev–Trinajstić information content (AvgIpc) is 2.53. The van der Waals surface area contributed by atoms with E-state index in [0.29, 0.717) is 19.0 Å². The van der Waals surface area contributed by atoms with Gasteiger partial charge in [-0.25, -0.2) is 0 Å². The summed E-state index contributed by atoms with van der Waals surface area (Å²) >= 11 is 0. The highest BCUT2D eigenvalue weighted by Crippen LogP contribution is 2.17. The van der Waals surface area contributed by atoms with Crippen LogP contribution in [0.4, 0.5) is 0 Å². The molecule has 6 heteroatoms. The Kier molecular flexibility index (Phi) is 14.5. The van der Waals surface area contributed by atoms with Crippen molar-refractivity contribution in [2.45, 2.75) is 77.7 Å². The van der Waals surface area contributed by atoms with Gasteiger partial charge < -0.3 is 16.0 Å². The lowest BCUT2D eigenvalue weighted by Crippen LogP contribution is -2.41. The van der Waals surface area contributed by atoms with Crippen LogP contribution in [-0.4, -0.2) is 38.0 Å². The third-order valence-electron chi connectivity index (χ3n) is 4.34. The van der Waals surface area contributed by atoms with E-state index in [4.69, 9.17) is 0 Å². The summed E-state index contributed by atoms with van der Waals surface area (Å²) in [7, 11) is 1.77. The van der Waals surface area contributed by atoms with E-state index in [-0.39, 0.29) is 29.9 Å². The molecule has 1 amide bonds. The molecular formula is C18H37IN4O. The predicted octanol–water partition coefficient (Wildman–Crippen LogP) is 3.43. The number of rotatable bonds is 9. The van der Waals surface area contributed by atoms with Gasteiger partial charge >= 0.3 is 0 Å². The van der Waals surface area contributed by atoms with Crippen molar-refractivity contribution in [1.82, 2.24) is 16.0 Å². The fourth-order valence-electron chi connectivity index (χ4n) is 2.95. The molecule has 1 aliphatic rings. The molecule has 1 aliphatic carbocycles. The zero-order valence-electron chi connectivity index (χ0n) is 15.7. The van der Waals surface area contributed by atoms with E-state index in [9.17, 15) is 4.79 Å². The number of amides is 1. The molecule has 1 fully saturated rings. The third kappa shape index (κ3) is 11.9. The van der Waals surface area contributed by atoms with E-state index < -0.39 is 0 Å². The Morgan fingerprint density at radius 2 is 1.75 bits per heavy atom. The van der Waals surface area contributed by atoms with E-state index >= 15 is 0 Å². The van der Waals surface area contributed by atoms with Crippen LogP contribution in [0, 0.1) is 5.92 Å². The highest BCUT2D eigenvalue weighted by Gasteiger charge is 2.15. The number of carbonyl (C=O) groups is 1. The SMILES string of the molecule is CN=C(NCCCCC(C)C)NCCC(=O)NC1CCCCC1.I. The molecule has 0 heterocycles. The number of nitrogens with zero attached hydrogens (tertiary/aromatic N) is 1. The molecule has 0 bridgehead atoms. The molecule has 0 saturated heterocycles. The molecule has 0 aliphatic heterocycles. The van der Waals surface area contributed by atoms with Gasteiger partial charge in [0.05, 0.1) is 0 Å². The molecule has 0 radical (unpaired) electrons. The number of carbonyl (C=O) groups excluding carboxylic acids is 1. The average molecular weight is 452 g/mol. The summed E-state index contributed by atoms with van der Waals surface area (Å²) in [5.41, 5.74) is 0. The van der Waals surface area contributed by atoms with Crippen LogP contribution >= 0.6 is 24.0 Å². The van der Waals surface area contributed by atoms with E-state index in [1.807, 2.05) is 0 Å². The van der Waals surface area contributed by atoms with Crippen molar-refractivity contribution in [1.29, 1.82) is 0 Å². The molecule has 0 spiro atoms. The van der Waals surface area contributed by atoms with Crippen molar-refractivity contribution >= 4 is 35.8 Å². The van der Waals surface area contributed by atoms with Gasteiger partial charge in [-0.05, 0) is 25.2 Å². The molecule has 142 valence electrons. The highest BCUT2D eigenvalue weighted by molar-refractivity contribution is 14.0. The monoisotopic (exact) mass is 452 g/mol. The maximum absolute atomic E-state index is 11.9. The van der Waals surface area contributed by atoms with Crippen molar-refractivity contribution in [3.8, 4) is 0 Å². The summed E-state index contributed by atoms with van der Waals surface area (Å²) in [6.07, 6.45) is 10.3. The number of guanidine groups is 1. The molecule has 3 N–H and O–H groups in total. The molecule has 0 unspecified atom stereocenters. The van der Waals surface area contributed by atoms with Crippen LogP contribution in [0.2, 0.25) is 0 Å². The van der Waals surface area contributed by atoms with Gasteiger partial charge in [0.25, 0.3) is 0 Å². The quantitative estimate of drug-likeness (QED) is 0.217. The first kappa shape index (κ1) is 23.5. The minimum Gasteiger partial charge on any atom is -0.356 e. The molecular weight excluding hydrogens is 415 g/mol. The second kappa shape index (κ2) is 14.8. The first-order valence-electron chi connectivity index (χ1n) is 9.35. The number of hydrogen-bond acceptors (Lipinski definition) is 2. The van der Waals surface area contributed by atoms with Crippen LogP contribution in [0.5, 0.6) is 0 Å². The molecule has 0 aromatic heterocycles. The Labute approximate surface area is 165 Å². The van der Waals surface area contributed by atoms with Gasteiger partial charge in [-0.1, -0.05) is 46.0 Å². The Hall–Kier alpha value is -0.530. The first-order chi connectivity index (χ1) is 11.1. The summed E-state index contributed by atoms with van der Waals surface area (Å²) in [6, 6.07) is 0.398. The fourth-order valence-corrected chi connectivity index (χ4v) is 2.95. The van der Waals surface area contributed by atoms with Gasteiger partial charge in [-0.3, -0.25) is 9.79 Å². The predicted molar refractivity (Wildman–Crippen MR) is 113 cm³/mol. The maximum Gasteiger partial charge on any atom is 0.221 e. The largest absolute Gasteiger partial charge is 0.356 e. The number of hydrogen-bond donors (Lipinski definition) is 3. The topological polar surface area (TPSA) is 65.5 Å². The second-order valence-corrected chi connectivity index (χ2v) is 6.97. The van der Waals surface area contributed by atoms with Crippen molar-refractivity contribution in [2.24, 2.45) is 10.9 Å². The lowest BCUT2D eigenvalue weighted by molar-refractivity contribution is -0.121. The molecule has 0 atom stereocenters. The Morgan fingerprint density at radius 1 is 1.08 bits per heavy atom. The van der Waals surface area contributed by atoms with E-state index in [1.165, 1.54) is 32.1 Å². The number of unbranched alkanes of at least 4 members (excludes halogenated alkanes) is 1.